The summed E-state index contributed by atoms with van der Waals surface area (Å²) >= 11 is 0. The summed E-state index contributed by atoms with van der Waals surface area (Å²) in [5, 5.41) is 6.93. The van der Waals surface area contributed by atoms with Gasteiger partial charge in [-0.05, 0) is 32.3 Å². The first-order valence-corrected chi connectivity index (χ1v) is 5.85. The van der Waals surface area contributed by atoms with Gasteiger partial charge in [0, 0.05) is 6.04 Å². The minimum absolute atomic E-state index is 0.315. The normalized spacial score (nSPS) is 12.4. The van der Waals surface area contributed by atoms with E-state index in [0.29, 0.717) is 17.9 Å². The van der Waals surface area contributed by atoms with E-state index in [2.05, 4.69) is 46.6 Å². The van der Waals surface area contributed by atoms with Gasteiger partial charge in [-0.1, -0.05) is 35.5 Å². The molecule has 1 aromatic carbocycles. The molecule has 0 saturated heterocycles. The fourth-order valence-corrected chi connectivity index (χ4v) is 1.67. The molecule has 0 spiro atoms. The molecule has 4 nitrogen and oxygen atoms in total. The second kappa shape index (κ2) is 5.48. The Balaban J connectivity index is 1.80. The maximum Gasteiger partial charge on any atom is 0.321 e. The fourth-order valence-electron chi connectivity index (χ4n) is 1.67. The van der Waals surface area contributed by atoms with E-state index < -0.39 is 0 Å². The van der Waals surface area contributed by atoms with E-state index >= 15 is 0 Å². The van der Waals surface area contributed by atoms with Gasteiger partial charge in [0.05, 0.1) is 0 Å². The number of nitrogens with one attached hydrogen (secondary N) is 1. The number of rotatable bonds is 5. The Hall–Kier alpha value is -1.84. The molecule has 0 bridgehead atoms. The summed E-state index contributed by atoms with van der Waals surface area (Å²) in [7, 11) is 0. The molecule has 2 rings (SSSR count). The highest BCUT2D eigenvalue weighted by atomic mass is 16.5. The zero-order valence-electron chi connectivity index (χ0n) is 10.2. The summed E-state index contributed by atoms with van der Waals surface area (Å²) in [5.74, 6) is 0.655. The predicted octanol–water partition coefficient (Wildman–Crippen LogP) is 2.81. The molecule has 0 aliphatic carbocycles. The van der Waals surface area contributed by atoms with Crippen LogP contribution in [-0.2, 0) is 6.42 Å². The minimum Gasteiger partial charge on any atom is -0.335 e. The predicted molar refractivity (Wildman–Crippen MR) is 66.9 cm³/mol. The average Bonchev–Trinajstić information content (AvgIpc) is 2.73. The molecule has 0 fully saturated rings. The lowest BCUT2D eigenvalue weighted by molar-refractivity contribution is 0.421. The first-order valence-electron chi connectivity index (χ1n) is 5.85. The number of hydrogen-bond donors (Lipinski definition) is 1. The molecule has 0 amide bonds. The van der Waals surface area contributed by atoms with Crippen LogP contribution in [0, 0.1) is 6.92 Å². The third-order valence-corrected chi connectivity index (χ3v) is 2.61. The van der Waals surface area contributed by atoms with Gasteiger partial charge in [0.1, 0.15) is 0 Å². The highest BCUT2D eigenvalue weighted by Gasteiger charge is 2.07. The Labute approximate surface area is 101 Å². The van der Waals surface area contributed by atoms with E-state index in [9.17, 15) is 0 Å². The number of anilines is 1. The zero-order chi connectivity index (χ0) is 12.1. The molecule has 1 unspecified atom stereocenters. The molecule has 1 N–H and O–H groups in total. The largest absolute Gasteiger partial charge is 0.335 e. The number of benzene rings is 1. The Morgan fingerprint density at radius 2 is 2.06 bits per heavy atom. The average molecular weight is 231 g/mol. The molecule has 2 aromatic rings. The van der Waals surface area contributed by atoms with Crippen molar-refractivity contribution in [1.29, 1.82) is 0 Å². The van der Waals surface area contributed by atoms with Gasteiger partial charge in [-0.2, -0.15) is 4.98 Å². The van der Waals surface area contributed by atoms with Crippen LogP contribution in [0.1, 0.15) is 24.7 Å². The molecule has 0 aliphatic rings. The molecule has 0 saturated carbocycles. The van der Waals surface area contributed by atoms with Crippen LogP contribution in [0.5, 0.6) is 0 Å². The van der Waals surface area contributed by atoms with Crippen LogP contribution in [0.15, 0.2) is 34.9 Å². The van der Waals surface area contributed by atoms with E-state index in [1.165, 1.54) is 5.56 Å². The lowest BCUT2D eigenvalue weighted by atomic mass is 10.1. The molecular weight excluding hydrogens is 214 g/mol. The van der Waals surface area contributed by atoms with E-state index in [4.69, 9.17) is 4.52 Å². The van der Waals surface area contributed by atoms with Crippen molar-refractivity contribution in [3.63, 3.8) is 0 Å². The lowest BCUT2D eigenvalue weighted by Crippen LogP contribution is -2.16. The van der Waals surface area contributed by atoms with Crippen molar-refractivity contribution in [2.75, 3.05) is 5.32 Å². The molecule has 1 heterocycles. The Morgan fingerprint density at radius 3 is 2.71 bits per heavy atom. The van der Waals surface area contributed by atoms with Crippen LogP contribution in [0.25, 0.3) is 0 Å². The monoisotopic (exact) mass is 231 g/mol. The summed E-state index contributed by atoms with van der Waals surface area (Å²) in [6.45, 7) is 3.92. The van der Waals surface area contributed by atoms with Crippen molar-refractivity contribution in [1.82, 2.24) is 10.1 Å². The van der Waals surface area contributed by atoms with Gasteiger partial charge < -0.3 is 9.84 Å². The maximum atomic E-state index is 5.01. The number of nitrogens with zero attached hydrogens (tertiary/aromatic N) is 2. The summed E-state index contributed by atoms with van der Waals surface area (Å²) in [5.41, 5.74) is 1.35. The topological polar surface area (TPSA) is 51.0 Å². The molecular formula is C13H17N3O. The molecule has 0 radical (unpaired) electrons. The van der Waals surface area contributed by atoms with Crippen molar-refractivity contribution in [3.8, 4) is 0 Å². The smallest absolute Gasteiger partial charge is 0.321 e. The Morgan fingerprint density at radius 1 is 1.29 bits per heavy atom. The Bertz CT molecular complexity index is 453. The van der Waals surface area contributed by atoms with Crippen LogP contribution in [-0.4, -0.2) is 16.2 Å². The van der Waals surface area contributed by atoms with Crippen molar-refractivity contribution in [2.45, 2.75) is 32.7 Å². The fraction of sp³-hybridized carbons (Fsp3) is 0.385. The first-order chi connectivity index (χ1) is 8.24. The second-order valence-corrected chi connectivity index (χ2v) is 4.22. The van der Waals surface area contributed by atoms with Gasteiger partial charge in [-0.25, -0.2) is 0 Å². The maximum absolute atomic E-state index is 5.01. The van der Waals surface area contributed by atoms with Crippen molar-refractivity contribution in [2.24, 2.45) is 0 Å². The number of aryl methyl sites for hydroxylation is 2. The highest BCUT2D eigenvalue weighted by molar-refractivity contribution is 5.20. The van der Waals surface area contributed by atoms with Gasteiger partial charge in [-0.15, -0.1) is 0 Å². The van der Waals surface area contributed by atoms with Crippen LogP contribution >= 0.6 is 0 Å². The van der Waals surface area contributed by atoms with Gasteiger partial charge >= 0.3 is 6.01 Å². The molecule has 17 heavy (non-hydrogen) atoms. The molecule has 4 heteroatoms. The first kappa shape index (κ1) is 11.6. The van der Waals surface area contributed by atoms with Gasteiger partial charge in [0.2, 0.25) is 0 Å². The Kier molecular flexibility index (Phi) is 3.75. The lowest BCUT2D eigenvalue weighted by Gasteiger charge is -2.11. The number of aromatic nitrogens is 2. The summed E-state index contributed by atoms with van der Waals surface area (Å²) in [4.78, 5) is 4.12. The zero-order valence-corrected chi connectivity index (χ0v) is 10.2. The van der Waals surface area contributed by atoms with Crippen molar-refractivity contribution in [3.05, 3.63) is 41.7 Å². The summed E-state index contributed by atoms with van der Waals surface area (Å²) in [6, 6.07) is 11.3. The SMILES string of the molecule is Cc1noc(NC(C)CCc2ccccc2)n1. The third-order valence-electron chi connectivity index (χ3n) is 2.61. The van der Waals surface area contributed by atoms with Crippen molar-refractivity contribution < 1.29 is 4.52 Å². The quantitative estimate of drug-likeness (QED) is 0.859. The van der Waals surface area contributed by atoms with Crippen LogP contribution in [0.4, 0.5) is 6.01 Å². The van der Waals surface area contributed by atoms with Gasteiger partial charge in [0.15, 0.2) is 5.82 Å². The van der Waals surface area contributed by atoms with Crippen molar-refractivity contribution >= 4 is 6.01 Å². The second-order valence-electron chi connectivity index (χ2n) is 4.22. The van der Waals surface area contributed by atoms with Gasteiger partial charge in [-0.3, -0.25) is 0 Å². The van der Waals surface area contributed by atoms with E-state index in [1.807, 2.05) is 13.0 Å². The molecule has 1 aromatic heterocycles. The van der Waals surface area contributed by atoms with E-state index in [0.717, 1.165) is 12.8 Å². The standard InChI is InChI=1S/C13H17N3O/c1-10(14-13-15-11(2)16-17-13)8-9-12-6-4-3-5-7-12/h3-7,10H,8-9H2,1-2H3,(H,14,15,16). The highest BCUT2D eigenvalue weighted by Crippen LogP contribution is 2.09. The van der Waals surface area contributed by atoms with Gasteiger partial charge in [0.25, 0.3) is 0 Å². The summed E-state index contributed by atoms with van der Waals surface area (Å²) in [6.07, 6.45) is 2.08. The summed E-state index contributed by atoms with van der Waals surface area (Å²) < 4.78 is 5.01. The van der Waals surface area contributed by atoms with Crippen LogP contribution in [0.2, 0.25) is 0 Å². The van der Waals surface area contributed by atoms with Crippen LogP contribution in [0.3, 0.4) is 0 Å². The van der Waals surface area contributed by atoms with Crippen LogP contribution < -0.4 is 5.32 Å². The minimum atomic E-state index is 0.315. The number of hydrogen-bond acceptors (Lipinski definition) is 4. The molecule has 90 valence electrons. The van der Waals surface area contributed by atoms with E-state index in [-0.39, 0.29) is 0 Å². The molecule has 1 atom stereocenters. The van der Waals surface area contributed by atoms with E-state index in [1.54, 1.807) is 0 Å². The molecule has 0 aliphatic heterocycles. The third kappa shape index (κ3) is 3.59.